The van der Waals surface area contributed by atoms with Gasteiger partial charge in [0.2, 0.25) is 5.91 Å². The fraction of sp³-hybridized carbons (Fsp3) is 0.500. The normalized spacial score (nSPS) is 10.8. The number of ether oxygens (including phenoxy) is 1. The number of aryl methyl sites for hydroxylation is 1. The van der Waals surface area contributed by atoms with Gasteiger partial charge in [-0.1, -0.05) is 13.3 Å². The first-order valence-electron chi connectivity index (χ1n) is 9.26. The molecule has 2 amide bonds. The SMILES string of the molecule is CCCCN(Cc1cccn1C)C(=O)CN(CCOC)C(=O)c1ccco1. The van der Waals surface area contributed by atoms with Gasteiger partial charge in [0.1, 0.15) is 6.54 Å². The number of furan rings is 1. The number of aromatic nitrogens is 1. The third kappa shape index (κ3) is 5.99. The lowest BCUT2D eigenvalue weighted by molar-refractivity contribution is -0.132. The van der Waals surface area contributed by atoms with Crippen LogP contribution in [0.1, 0.15) is 36.0 Å². The van der Waals surface area contributed by atoms with Gasteiger partial charge in [0.15, 0.2) is 5.76 Å². The summed E-state index contributed by atoms with van der Waals surface area (Å²) in [7, 11) is 3.53. The van der Waals surface area contributed by atoms with Crippen LogP contribution in [-0.2, 0) is 23.1 Å². The molecule has 0 atom stereocenters. The van der Waals surface area contributed by atoms with E-state index in [0.717, 1.165) is 18.5 Å². The summed E-state index contributed by atoms with van der Waals surface area (Å²) in [5.74, 6) is -0.165. The molecule has 2 heterocycles. The summed E-state index contributed by atoms with van der Waals surface area (Å²) in [6.07, 6.45) is 5.33. The topological polar surface area (TPSA) is 67.9 Å². The molecule has 0 saturated heterocycles. The van der Waals surface area contributed by atoms with E-state index in [-0.39, 0.29) is 24.1 Å². The highest BCUT2D eigenvalue weighted by atomic mass is 16.5. The Balaban J connectivity index is 2.10. The Morgan fingerprint density at radius 3 is 2.59 bits per heavy atom. The Morgan fingerprint density at radius 2 is 2.00 bits per heavy atom. The summed E-state index contributed by atoms with van der Waals surface area (Å²) in [5, 5.41) is 0. The number of carbonyl (C=O) groups is 2. The zero-order chi connectivity index (χ0) is 19.6. The molecule has 148 valence electrons. The fourth-order valence-corrected chi connectivity index (χ4v) is 2.77. The first-order chi connectivity index (χ1) is 13.1. The average Bonchev–Trinajstić information content (AvgIpc) is 3.33. The molecule has 27 heavy (non-hydrogen) atoms. The van der Waals surface area contributed by atoms with Crippen molar-refractivity contribution in [3.05, 3.63) is 48.2 Å². The monoisotopic (exact) mass is 375 g/mol. The number of hydrogen-bond donors (Lipinski definition) is 0. The number of amides is 2. The molecule has 2 aromatic rings. The Kier molecular flexibility index (Phi) is 8.13. The minimum atomic E-state index is -0.306. The Morgan fingerprint density at radius 1 is 1.19 bits per heavy atom. The summed E-state index contributed by atoms with van der Waals surface area (Å²) < 4.78 is 12.3. The van der Waals surface area contributed by atoms with E-state index < -0.39 is 0 Å². The van der Waals surface area contributed by atoms with Gasteiger partial charge in [-0.3, -0.25) is 9.59 Å². The first kappa shape index (κ1) is 20.8. The predicted octanol–water partition coefficient (Wildman–Crippen LogP) is 2.54. The van der Waals surface area contributed by atoms with Crippen LogP contribution >= 0.6 is 0 Å². The van der Waals surface area contributed by atoms with Crippen LogP contribution in [0.5, 0.6) is 0 Å². The molecule has 0 aliphatic rings. The zero-order valence-electron chi connectivity index (χ0n) is 16.4. The van der Waals surface area contributed by atoms with Crippen molar-refractivity contribution in [2.75, 3.05) is 33.4 Å². The van der Waals surface area contributed by atoms with Crippen LogP contribution in [-0.4, -0.2) is 59.5 Å². The third-order valence-corrected chi connectivity index (χ3v) is 4.45. The van der Waals surface area contributed by atoms with Gasteiger partial charge in [0.05, 0.1) is 19.4 Å². The highest BCUT2D eigenvalue weighted by molar-refractivity contribution is 5.94. The number of carbonyl (C=O) groups excluding carboxylic acids is 2. The zero-order valence-corrected chi connectivity index (χ0v) is 16.4. The summed E-state index contributed by atoms with van der Waals surface area (Å²) in [6, 6.07) is 7.23. The first-order valence-corrected chi connectivity index (χ1v) is 9.26. The Labute approximate surface area is 160 Å². The minimum Gasteiger partial charge on any atom is -0.459 e. The van der Waals surface area contributed by atoms with Crippen LogP contribution in [0.3, 0.4) is 0 Å². The van der Waals surface area contributed by atoms with E-state index in [1.807, 2.05) is 34.8 Å². The molecule has 2 aromatic heterocycles. The molecule has 0 N–H and O–H groups in total. The quantitative estimate of drug-likeness (QED) is 0.605. The van der Waals surface area contributed by atoms with E-state index in [1.54, 1.807) is 19.2 Å². The number of unbranched alkanes of at least 4 members (excludes halogenated alkanes) is 1. The molecular weight excluding hydrogens is 346 g/mol. The molecule has 0 fully saturated rings. The Bertz CT molecular complexity index is 709. The molecule has 0 aliphatic heterocycles. The van der Waals surface area contributed by atoms with Crippen molar-refractivity contribution in [2.24, 2.45) is 7.05 Å². The molecule has 2 rings (SSSR count). The number of hydrogen-bond acceptors (Lipinski definition) is 4. The van der Waals surface area contributed by atoms with E-state index in [1.165, 1.54) is 11.2 Å². The Hall–Kier alpha value is -2.54. The fourth-order valence-electron chi connectivity index (χ4n) is 2.77. The number of nitrogens with zero attached hydrogens (tertiary/aromatic N) is 3. The highest BCUT2D eigenvalue weighted by Gasteiger charge is 2.24. The van der Waals surface area contributed by atoms with Crippen LogP contribution in [0.25, 0.3) is 0 Å². The summed E-state index contributed by atoms with van der Waals surface area (Å²) in [5.41, 5.74) is 1.06. The van der Waals surface area contributed by atoms with Gasteiger partial charge in [-0.25, -0.2) is 0 Å². The molecule has 0 bridgehead atoms. The van der Waals surface area contributed by atoms with Crippen molar-refractivity contribution in [3.8, 4) is 0 Å². The molecule has 7 nitrogen and oxygen atoms in total. The summed E-state index contributed by atoms with van der Waals surface area (Å²) in [6.45, 7) is 3.95. The van der Waals surface area contributed by atoms with Gasteiger partial charge in [0.25, 0.3) is 5.91 Å². The third-order valence-electron chi connectivity index (χ3n) is 4.45. The smallest absolute Gasteiger partial charge is 0.290 e. The second kappa shape index (κ2) is 10.6. The van der Waals surface area contributed by atoms with Crippen LogP contribution in [0, 0.1) is 0 Å². The molecule has 0 saturated carbocycles. The lowest BCUT2D eigenvalue weighted by atomic mass is 10.2. The lowest BCUT2D eigenvalue weighted by Gasteiger charge is -2.27. The maximum absolute atomic E-state index is 13.0. The van der Waals surface area contributed by atoms with Crippen molar-refractivity contribution >= 4 is 11.8 Å². The van der Waals surface area contributed by atoms with Crippen LogP contribution in [0.2, 0.25) is 0 Å². The van der Waals surface area contributed by atoms with E-state index in [0.29, 0.717) is 26.2 Å². The standard InChI is InChI=1S/C20H29N3O4/c1-4-5-11-22(15-17-8-6-10-21(17)2)19(24)16-23(12-14-26-3)20(25)18-9-7-13-27-18/h6-10,13H,4-5,11-12,14-16H2,1-3H3. The molecule has 0 aliphatic carbocycles. The van der Waals surface area contributed by atoms with Crippen LogP contribution < -0.4 is 0 Å². The van der Waals surface area contributed by atoms with E-state index in [9.17, 15) is 9.59 Å². The average molecular weight is 375 g/mol. The van der Waals surface area contributed by atoms with Crippen molar-refractivity contribution in [1.82, 2.24) is 14.4 Å². The predicted molar refractivity (Wildman–Crippen MR) is 102 cm³/mol. The highest BCUT2D eigenvalue weighted by Crippen LogP contribution is 2.10. The number of methoxy groups -OCH3 is 1. The van der Waals surface area contributed by atoms with Gasteiger partial charge in [-0.2, -0.15) is 0 Å². The van der Waals surface area contributed by atoms with Crippen LogP contribution in [0.4, 0.5) is 0 Å². The molecular formula is C20H29N3O4. The second-order valence-corrected chi connectivity index (χ2v) is 6.48. The van der Waals surface area contributed by atoms with Gasteiger partial charge < -0.3 is 23.5 Å². The minimum absolute atomic E-state index is 0.00295. The molecule has 0 radical (unpaired) electrons. The summed E-state index contributed by atoms with van der Waals surface area (Å²) in [4.78, 5) is 28.9. The number of rotatable bonds is 11. The molecule has 7 heteroatoms. The maximum Gasteiger partial charge on any atom is 0.290 e. The summed E-state index contributed by atoms with van der Waals surface area (Å²) >= 11 is 0. The van der Waals surface area contributed by atoms with Gasteiger partial charge in [-0.05, 0) is 30.7 Å². The van der Waals surface area contributed by atoms with Crippen molar-refractivity contribution in [2.45, 2.75) is 26.3 Å². The van der Waals surface area contributed by atoms with Gasteiger partial charge in [0, 0.05) is 39.1 Å². The van der Waals surface area contributed by atoms with Gasteiger partial charge in [-0.15, -0.1) is 0 Å². The largest absolute Gasteiger partial charge is 0.459 e. The van der Waals surface area contributed by atoms with E-state index in [2.05, 4.69) is 6.92 Å². The molecule has 0 unspecified atom stereocenters. The lowest BCUT2D eigenvalue weighted by Crippen LogP contribution is -2.44. The molecule has 0 aromatic carbocycles. The van der Waals surface area contributed by atoms with E-state index >= 15 is 0 Å². The van der Waals surface area contributed by atoms with Gasteiger partial charge >= 0.3 is 0 Å². The van der Waals surface area contributed by atoms with E-state index in [4.69, 9.17) is 9.15 Å². The van der Waals surface area contributed by atoms with Crippen molar-refractivity contribution in [1.29, 1.82) is 0 Å². The maximum atomic E-state index is 13.0. The van der Waals surface area contributed by atoms with Crippen molar-refractivity contribution in [3.63, 3.8) is 0 Å². The molecule has 0 spiro atoms. The van der Waals surface area contributed by atoms with Crippen molar-refractivity contribution < 1.29 is 18.7 Å². The second-order valence-electron chi connectivity index (χ2n) is 6.48. The van der Waals surface area contributed by atoms with Crippen LogP contribution in [0.15, 0.2) is 41.1 Å².